The lowest BCUT2D eigenvalue weighted by Crippen LogP contribution is -2.40. The van der Waals surface area contributed by atoms with Crippen LogP contribution in [0.1, 0.15) is 52.4 Å². The molecule has 0 aliphatic heterocycles. The van der Waals surface area contributed by atoms with E-state index in [0.29, 0.717) is 0 Å². The molecule has 0 saturated heterocycles. The lowest BCUT2D eigenvalue weighted by molar-refractivity contribution is 0.256. The van der Waals surface area contributed by atoms with Crippen molar-refractivity contribution in [3.05, 3.63) is 0 Å². The predicted molar refractivity (Wildman–Crippen MR) is 74.6 cm³/mol. The molecule has 1 fully saturated rings. The zero-order chi connectivity index (χ0) is 11.8. The summed E-state index contributed by atoms with van der Waals surface area (Å²) in [4.78, 5) is 0. The molecule has 3 heteroatoms. The number of rotatable bonds is 5. The van der Waals surface area contributed by atoms with Crippen LogP contribution in [-0.2, 0) is 0 Å². The van der Waals surface area contributed by atoms with E-state index < -0.39 is 0 Å². The molecular weight excluding hydrogens is 216 g/mol. The molecule has 94 valence electrons. The smallest absolute Gasteiger partial charge is 0.166 e. The van der Waals surface area contributed by atoms with Crippen LogP contribution < -0.4 is 10.6 Å². The van der Waals surface area contributed by atoms with Gasteiger partial charge in [0.05, 0.1) is 0 Å². The number of unbranched alkanes of at least 4 members (excludes halogenated alkanes) is 1. The molecule has 0 bridgehead atoms. The molecule has 0 heterocycles. The molecule has 2 unspecified atom stereocenters. The van der Waals surface area contributed by atoms with E-state index in [-0.39, 0.29) is 0 Å². The van der Waals surface area contributed by atoms with Crippen molar-refractivity contribution in [2.45, 2.75) is 52.4 Å². The van der Waals surface area contributed by atoms with Crippen LogP contribution in [0.25, 0.3) is 0 Å². The van der Waals surface area contributed by atoms with Crippen LogP contribution in [0.5, 0.6) is 0 Å². The number of hydrogen-bond donors (Lipinski definition) is 2. The fourth-order valence-electron chi connectivity index (χ4n) is 2.36. The van der Waals surface area contributed by atoms with Gasteiger partial charge in [-0.3, -0.25) is 0 Å². The van der Waals surface area contributed by atoms with Crippen LogP contribution >= 0.6 is 12.2 Å². The maximum Gasteiger partial charge on any atom is 0.166 e. The van der Waals surface area contributed by atoms with Gasteiger partial charge in [0, 0.05) is 13.1 Å². The Bertz CT molecular complexity index is 206. The van der Waals surface area contributed by atoms with Crippen molar-refractivity contribution in [2.75, 3.05) is 13.1 Å². The summed E-state index contributed by atoms with van der Waals surface area (Å²) in [5.74, 6) is 1.68. The normalized spacial score (nSPS) is 25.1. The summed E-state index contributed by atoms with van der Waals surface area (Å²) in [7, 11) is 0. The molecule has 1 saturated carbocycles. The van der Waals surface area contributed by atoms with Crippen LogP contribution in [0.3, 0.4) is 0 Å². The van der Waals surface area contributed by atoms with Gasteiger partial charge in [0.25, 0.3) is 0 Å². The monoisotopic (exact) mass is 242 g/mol. The van der Waals surface area contributed by atoms with E-state index in [9.17, 15) is 0 Å². The first kappa shape index (κ1) is 13.8. The Morgan fingerprint density at radius 3 is 2.69 bits per heavy atom. The predicted octanol–water partition coefficient (Wildman–Crippen LogP) is 3.08. The number of hydrogen-bond acceptors (Lipinski definition) is 1. The minimum Gasteiger partial charge on any atom is -0.363 e. The lowest BCUT2D eigenvalue weighted by atomic mass is 9.80. The van der Waals surface area contributed by atoms with Crippen LogP contribution in [0.2, 0.25) is 0 Å². The molecule has 0 amide bonds. The van der Waals surface area contributed by atoms with E-state index in [1.807, 2.05) is 0 Å². The Morgan fingerprint density at radius 1 is 1.25 bits per heavy atom. The van der Waals surface area contributed by atoms with Gasteiger partial charge in [-0.2, -0.15) is 0 Å². The highest BCUT2D eigenvalue weighted by Gasteiger charge is 2.20. The summed E-state index contributed by atoms with van der Waals surface area (Å²) >= 11 is 5.25. The third-order valence-corrected chi connectivity index (χ3v) is 3.92. The van der Waals surface area contributed by atoms with Gasteiger partial charge in [-0.05, 0) is 36.9 Å². The molecule has 0 spiro atoms. The Labute approximate surface area is 106 Å². The second-order valence-corrected chi connectivity index (χ2v) is 5.42. The molecular formula is C13H26N2S. The van der Waals surface area contributed by atoms with E-state index in [1.54, 1.807) is 0 Å². The number of nitrogens with one attached hydrogen (secondary N) is 2. The van der Waals surface area contributed by atoms with Crippen molar-refractivity contribution in [2.24, 2.45) is 11.8 Å². The molecule has 1 rings (SSSR count). The van der Waals surface area contributed by atoms with E-state index in [1.165, 1.54) is 38.5 Å². The SMILES string of the molecule is CCCCNC(=S)NCC1CCCCC1C. The summed E-state index contributed by atoms with van der Waals surface area (Å²) in [5, 5.41) is 7.46. The minimum absolute atomic E-state index is 0.819. The summed E-state index contributed by atoms with van der Waals surface area (Å²) in [6.45, 7) is 6.63. The van der Waals surface area contributed by atoms with E-state index in [4.69, 9.17) is 12.2 Å². The average molecular weight is 242 g/mol. The molecule has 2 atom stereocenters. The summed E-state index contributed by atoms with van der Waals surface area (Å²) in [6.07, 6.45) is 7.98. The van der Waals surface area contributed by atoms with Gasteiger partial charge in [0.1, 0.15) is 0 Å². The number of thiocarbonyl (C=S) groups is 1. The molecule has 0 aromatic rings. The Balaban J connectivity index is 2.10. The Morgan fingerprint density at radius 2 is 2.00 bits per heavy atom. The standard InChI is InChI=1S/C13H26N2S/c1-3-4-9-14-13(16)15-10-12-8-6-5-7-11(12)2/h11-12H,3-10H2,1-2H3,(H2,14,15,16). The molecule has 2 N–H and O–H groups in total. The molecule has 2 nitrogen and oxygen atoms in total. The van der Waals surface area contributed by atoms with Gasteiger partial charge in [0.15, 0.2) is 5.11 Å². The first-order valence-corrected chi connectivity index (χ1v) is 7.16. The van der Waals surface area contributed by atoms with Gasteiger partial charge >= 0.3 is 0 Å². The maximum atomic E-state index is 5.25. The second-order valence-electron chi connectivity index (χ2n) is 5.01. The lowest BCUT2D eigenvalue weighted by Gasteiger charge is -2.29. The zero-order valence-electron chi connectivity index (χ0n) is 10.7. The Hall–Kier alpha value is -0.310. The average Bonchev–Trinajstić information content (AvgIpc) is 2.28. The van der Waals surface area contributed by atoms with Gasteiger partial charge < -0.3 is 10.6 Å². The van der Waals surface area contributed by atoms with Gasteiger partial charge in [-0.1, -0.05) is 39.5 Å². The zero-order valence-corrected chi connectivity index (χ0v) is 11.5. The van der Waals surface area contributed by atoms with E-state index in [2.05, 4.69) is 24.5 Å². The van der Waals surface area contributed by atoms with Crippen molar-refractivity contribution < 1.29 is 0 Å². The highest BCUT2D eigenvalue weighted by molar-refractivity contribution is 7.80. The van der Waals surface area contributed by atoms with Crippen molar-refractivity contribution >= 4 is 17.3 Å². The summed E-state index contributed by atoms with van der Waals surface area (Å²) < 4.78 is 0. The first-order chi connectivity index (χ1) is 7.74. The van der Waals surface area contributed by atoms with E-state index >= 15 is 0 Å². The minimum atomic E-state index is 0.819. The molecule has 1 aliphatic rings. The van der Waals surface area contributed by atoms with Crippen molar-refractivity contribution in [3.8, 4) is 0 Å². The van der Waals surface area contributed by atoms with Crippen molar-refractivity contribution in [1.82, 2.24) is 10.6 Å². The third-order valence-electron chi connectivity index (χ3n) is 3.63. The van der Waals surface area contributed by atoms with Crippen LogP contribution in [-0.4, -0.2) is 18.2 Å². The van der Waals surface area contributed by atoms with Crippen LogP contribution in [0.15, 0.2) is 0 Å². The summed E-state index contributed by atoms with van der Waals surface area (Å²) in [6, 6.07) is 0. The molecule has 0 radical (unpaired) electrons. The fourth-order valence-corrected chi connectivity index (χ4v) is 2.55. The largest absolute Gasteiger partial charge is 0.363 e. The first-order valence-electron chi connectivity index (χ1n) is 6.75. The molecule has 0 aromatic carbocycles. The van der Waals surface area contributed by atoms with Gasteiger partial charge in [-0.15, -0.1) is 0 Å². The Kier molecular flexibility index (Phi) is 6.78. The summed E-state index contributed by atoms with van der Waals surface area (Å²) in [5.41, 5.74) is 0. The van der Waals surface area contributed by atoms with Gasteiger partial charge in [-0.25, -0.2) is 0 Å². The van der Waals surface area contributed by atoms with Crippen molar-refractivity contribution in [1.29, 1.82) is 0 Å². The van der Waals surface area contributed by atoms with Crippen molar-refractivity contribution in [3.63, 3.8) is 0 Å². The third kappa shape index (κ3) is 5.15. The highest BCUT2D eigenvalue weighted by Crippen LogP contribution is 2.28. The fraction of sp³-hybridized carbons (Fsp3) is 0.923. The highest BCUT2D eigenvalue weighted by atomic mass is 32.1. The molecule has 1 aliphatic carbocycles. The van der Waals surface area contributed by atoms with Crippen LogP contribution in [0.4, 0.5) is 0 Å². The second kappa shape index (κ2) is 7.88. The topological polar surface area (TPSA) is 24.1 Å². The van der Waals surface area contributed by atoms with Crippen LogP contribution in [0, 0.1) is 11.8 Å². The van der Waals surface area contributed by atoms with E-state index in [0.717, 1.165) is 30.0 Å². The quantitative estimate of drug-likeness (QED) is 0.572. The van der Waals surface area contributed by atoms with Gasteiger partial charge in [0.2, 0.25) is 0 Å². The molecule has 0 aromatic heterocycles. The maximum absolute atomic E-state index is 5.25. The molecule has 16 heavy (non-hydrogen) atoms.